The molecular weight excluding hydrogens is 300 g/mol. The summed E-state index contributed by atoms with van der Waals surface area (Å²) in [6.07, 6.45) is 3.80. The molecule has 1 aromatic heterocycles. The fourth-order valence-corrected chi connectivity index (χ4v) is 2.70. The first-order valence-electron chi connectivity index (χ1n) is 7.35. The third kappa shape index (κ3) is 4.68. The van der Waals surface area contributed by atoms with Crippen LogP contribution in [0.25, 0.3) is 10.8 Å². The fraction of sp³-hybridized carbons (Fsp3) is 0.438. The van der Waals surface area contributed by atoms with Crippen LogP contribution >= 0.6 is 0 Å². The van der Waals surface area contributed by atoms with Gasteiger partial charge in [-0.3, -0.25) is 9.17 Å². The average molecular weight is 322 g/mol. The van der Waals surface area contributed by atoms with Crippen LogP contribution in [-0.2, 0) is 20.7 Å². The Morgan fingerprint density at radius 1 is 1.32 bits per heavy atom. The third-order valence-electron chi connectivity index (χ3n) is 3.40. The molecule has 0 aliphatic rings. The van der Waals surface area contributed by atoms with Crippen molar-refractivity contribution in [3.05, 3.63) is 36.2 Å². The van der Waals surface area contributed by atoms with E-state index in [1.165, 1.54) is 5.39 Å². The highest BCUT2D eigenvalue weighted by Gasteiger charge is 2.08. The number of anilines is 1. The van der Waals surface area contributed by atoms with Gasteiger partial charge in [-0.15, -0.1) is 0 Å². The van der Waals surface area contributed by atoms with Crippen LogP contribution in [0.2, 0.25) is 0 Å². The number of fused-ring (bicyclic) bond motifs is 1. The van der Waals surface area contributed by atoms with Gasteiger partial charge in [-0.25, -0.2) is 0 Å². The second kappa shape index (κ2) is 7.07. The number of aryl methyl sites for hydroxylation is 1. The van der Waals surface area contributed by atoms with E-state index < -0.39 is 10.1 Å². The molecule has 120 valence electrons. The van der Waals surface area contributed by atoms with E-state index in [1.807, 2.05) is 25.3 Å². The molecule has 0 amide bonds. The van der Waals surface area contributed by atoms with Gasteiger partial charge in [0, 0.05) is 29.5 Å². The first-order valence-corrected chi connectivity index (χ1v) is 9.16. The molecule has 1 aromatic carbocycles. The quantitative estimate of drug-likeness (QED) is 0.794. The minimum atomic E-state index is -3.37. The third-order valence-corrected chi connectivity index (χ3v) is 3.97. The van der Waals surface area contributed by atoms with Crippen LogP contribution in [0, 0.1) is 5.92 Å². The van der Waals surface area contributed by atoms with Gasteiger partial charge < -0.3 is 5.32 Å². The number of rotatable bonds is 7. The van der Waals surface area contributed by atoms with Crippen LogP contribution in [0.1, 0.15) is 19.5 Å². The van der Waals surface area contributed by atoms with E-state index in [1.54, 1.807) is 0 Å². The minimum absolute atomic E-state index is 0.0917. The van der Waals surface area contributed by atoms with Crippen LogP contribution < -0.4 is 5.32 Å². The maximum absolute atomic E-state index is 11.0. The molecule has 0 fully saturated rings. The van der Waals surface area contributed by atoms with E-state index >= 15 is 0 Å². The smallest absolute Gasteiger partial charge is 0.264 e. The lowest BCUT2D eigenvalue weighted by molar-refractivity contribution is 0.274. The Labute approximate surface area is 131 Å². The van der Waals surface area contributed by atoms with Crippen molar-refractivity contribution >= 4 is 26.6 Å². The Kier molecular flexibility index (Phi) is 5.37. The van der Waals surface area contributed by atoms with Crippen molar-refractivity contribution in [2.45, 2.75) is 20.3 Å². The van der Waals surface area contributed by atoms with Crippen molar-refractivity contribution in [3.8, 4) is 0 Å². The van der Waals surface area contributed by atoms with Crippen LogP contribution in [0.4, 0.5) is 5.69 Å². The second-order valence-corrected chi connectivity index (χ2v) is 7.17. The Morgan fingerprint density at radius 3 is 2.77 bits per heavy atom. The second-order valence-electron chi connectivity index (χ2n) is 5.52. The van der Waals surface area contributed by atoms with Gasteiger partial charge in [0.25, 0.3) is 10.1 Å². The predicted molar refractivity (Wildman–Crippen MR) is 89.6 cm³/mol. The molecule has 2 aromatic rings. The normalized spacial score (nSPS) is 13.2. The maximum atomic E-state index is 11.0. The molecular formula is C16H22N2O3S. The summed E-state index contributed by atoms with van der Waals surface area (Å²) in [5.41, 5.74) is 2.10. The summed E-state index contributed by atoms with van der Waals surface area (Å²) in [6.45, 7) is 4.87. The molecule has 0 saturated carbocycles. The van der Waals surface area contributed by atoms with Crippen molar-refractivity contribution in [1.82, 2.24) is 4.98 Å². The molecule has 0 aliphatic carbocycles. The number of nitrogens with one attached hydrogen (secondary N) is 1. The van der Waals surface area contributed by atoms with E-state index in [-0.39, 0.29) is 12.5 Å². The molecule has 0 saturated heterocycles. The highest BCUT2D eigenvalue weighted by molar-refractivity contribution is 7.85. The van der Waals surface area contributed by atoms with Gasteiger partial charge in [0.2, 0.25) is 0 Å². The summed E-state index contributed by atoms with van der Waals surface area (Å²) >= 11 is 0. The SMILES string of the molecule is CCc1nccc2cc(NC[C@H](C)COS(C)(=O)=O)ccc12. The summed E-state index contributed by atoms with van der Waals surface area (Å²) < 4.78 is 26.7. The predicted octanol–water partition coefficient (Wildman–Crippen LogP) is 2.82. The lowest BCUT2D eigenvalue weighted by Gasteiger charge is -2.14. The van der Waals surface area contributed by atoms with E-state index in [0.717, 1.165) is 29.4 Å². The molecule has 0 radical (unpaired) electrons. The van der Waals surface area contributed by atoms with Crippen molar-refractivity contribution in [3.63, 3.8) is 0 Å². The van der Waals surface area contributed by atoms with Gasteiger partial charge in [0.05, 0.1) is 12.9 Å². The number of benzene rings is 1. The highest BCUT2D eigenvalue weighted by Crippen LogP contribution is 2.21. The molecule has 0 aliphatic heterocycles. The molecule has 1 N–H and O–H groups in total. The molecule has 1 heterocycles. The number of hydrogen-bond donors (Lipinski definition) is 1. The van der Waals surface area contributed by atoms with Crippen molar-refractivity contribution < 1.29 is 12.6 Å². The first kappa shape index (κ1) is 16.7. The lowest BCUT2D eigenvalue weighted by Crippen LogP contribution is -2.18. The summed E-state index contributed by atoms with van der Waals surface area (Å²) in [5, 5.41) is 5.64. The molecule has 6 heteroatoms. The Bertz CT molecular complexity index is 744. The maximum Gasteiger partial charge on any atom is 0.264 e. The summed E-state index contributed by atoms with van der Waals surface area (Å²) in [7, 11) is -3.37. The zero-order valence-corrected chi connectivity index (χ0v) is 14.0. The van der Waals surface area contributed by atoms with Crippen molar-refractivity contribution in [2.75, 3.05) is 24.7 Å². The number of hydrogen-bond acceptors (Lipinski definition) is 5. The monoisotopic (exact) mass is 322 g/mol. The highest BCUT2D eigenvalue weighted by atomic mass is 32.2. The zero-order valence-electron chi connectivity index (χ0n) is 13.2. The number of nitrogens with zero attached hydrogens (tertiary/aromatic N) is 1. The van der Waals surface area contributed by atoms with Gasteiger partial charge in [-0.1, -0.05) is 19.9 Å². The largest absolute Gasteiger partial charge is 0.385 e. The molecule has 0 unspecified atom stereocenters. The first-order chi connectivity index (χ1) is 10.4. The lowest BCUT2D eigenvalue weighted by atomic mass is 10.1. The van der Waals surface area contributed by atoms with Gasteiger partial charge >= 0.3 is 0 Å². The van der Waals surface area contributed by atoms with Crippen LogP contribution in [0.5, 0.6) is 0 Å². The van der Waals surface area contributed by atoms with E-state index in [2.05, 4.69) is 29.4 Å². The fourth-order valence-electron chi connectivity index (χ4n) is 2.22. The Hall–Kier alpha value is -1.66. The van der Waals surface area contributed by atoms with Crippen LogP contribution in [-0.4, -0.2) is 32.8 Å². The van der Waals surface area contributed by atoms with Gasteiger partial charge in [0.15, 0.2) is 0 Å². The Balaban J connectivity index is 2.00. The minimum Gasteiger partial charge on any atom is -0.385 e. The average Bonchev–Trinajstić information content (AvgIpc) is 2.49. The van der Waals surface area contributed by atoms with E-state index in [0.29, 0.717) is 6.54 Å². The van der Waals surface area contributed by atoms with E-state index in [4.69, 9.17) is 4.18 Å². The zero-order chi connectivity index (χ0) is 16.2. The molecule has 22 heavy (non-hydrogen) atoms. The summed E-state index contributed by atoms with van der Waals surface area (Å²) in [6, 6.07) is 8.17. The van der Waals surface area contributed by atoms with Crippen molar-refractivity contribution in [1.29, 1.82) is 0 Å². The van der Waals surface area contributed by atoms with E-state index in [9.17, 15) is 8.42 Å². The van der Waals surface area contributed by atoms with Crippen molar-refractivity contribution in [2.24, 2.45) is 5.92 Å². The molecule has 1 atom stereocenters. The number of pyridine rings is 1. The Morgan fingerprint density at radius 2 is 2.09 bits per heavy atom. The van der Waals surface area contributed by atoms with Crippen LogP contribution in [0.15, 0.2) is 30.5 Å². The molecule has 0 bridgehead atoms. The molecule has 0 spiro atoms. The molecule has 5 nitrogen and oxygen atoms in total. The topological polar surface area (TPSA) is 68.3 Å². The van der Waals surface area contributed by atoms with Gasteiger partial charge in [-0.2, -0.15) is 8.42 Å². The standard InChI is InChI=1S/C16H22N2O3S/c1-4-16-15-6-5-14(9-13(15)7-8-17-16)18-10-12(2)11-21-22(3,19)20/h5-9,12,18H,4,10-11H2,1-3H3/t12-/m0/s1. The van der Waals surface area contributed by atoms with Gasteiger partial charge in [-0.05, 0) is 35.9 Å². The summed E-state index contributed by atoms with van der Waals surface area (Å²) in [5.74, 6) is 0.0917. The number of aromatic nitrogens is 1. The van der Waals surface area contributed by atoms with Crippen LogP contribution in [0.3, 0.4) is 0 Å². The molecule has 2 rings (SSSR count). The summed E-state index contributed by atoms with van der Waals surface area (Å²) in [4.78, 5) is 4.38. The van der Waals surface area contributed by atoms with Gasteiger partial charge in [0.1, 0.15) is 0 Å².